The summed E-state index contributed by atoms with van der Waals surface area (Å²) in [5, 5.41) is 14.1. The summed E-state index contributed by atoms with van der Waals surface area (Å²) < 4.78 is 6.65. The van der Waals surface area contributed by atoms with Crippen LogP contribution in [-0.2, 0) is 4.74 Å². The van der Waals surface area contributed by atoms with E-state index in [0.717, 1.165) is 37.0 Å². The number of hydrogen-bond donors (Lipinski definition) is 2. The third-order valence-corrected chi connectivity index (χ3v) is 4.20. The highest BCUT2D eigenvalue weighted by atomic mass is 32.1. The molecular weight excluding hydrogens is 292 g/mol. The van der Waals surface area contributed by atoms with Gasteiger partial charge in [0.05, 0.1) is 17.5 Å². The van der Waals surface area contributed by atoms with Gasteiger partial charge in [0.2, 0.25) is 5.88 Å². The van der Waals surface area contributed by atoms with Crippen LogP contribution in [0.4, 0.5) is 4.79 Å². The minimum atomic E-state index is -0.560. The molecule has 1 aliphatic rings. The first-order valence-corrected chi connectivity index (χ1v) is 8.04. The van der Waals surface area contributed by atoms with Crippen LogP contribution < -0.4 is 10.2 Å². The van der Waals surface area contributed by atoms with Crippen molar-refractivity contribution in [3.63, 3.8) is 0 Å². The van der Waals surface area contributed by atoms with E-state index in [2.05, 4.69) is 5.32 Å². The van der Waals surface area contributed by atoms with Crippen LogP contribution in [-0.4, -0.2) is 27.4 Å². The maximum absolute atomic E-state index is 11.9. The van der Waals surface area contributed by atoms with Crippen molar-refractivity contribution < 1.29 is 14.6 Å². The van der Waals surface area contributed by atoms with Crippen molar-refractivity contribution in [2.24, 2.45) is 0 Å². The fourth-order valence-corrected chi connectivity index (χ4v) is 3.33. The summed E-state index contributed by atoms with van der Waals surface area (Å²) in [7, 11) is 0. The number of nitrogens with one attached hydrogen (secondary N) is 1. The largest absolute Gasteiger partial charge is 0.494 e. The van der Waals surface area contributed by atoms with Gasteiger partial charge in [0.15, 0.2) is 0 Å². The van der Waals surface area contributed by atoms with Crippen LogP contribution in [0.25, 0.3) is 0 Å². The number of aromatic nitrogens is 1. The van der Waals surface area contributed by atoms with Crippen LogP contribution in [0.3, 0.4) is 0 Å². The van der Waals surface area contributed by atoms with Crippen molar-refractivity contribution in [2.45, 2.75) is 64.1 Å². The number of nitrogens with zero attached hydrogens (tertiary/aromatic N) is 1. The summed E-state index contributed by atoms with van der Waals surface area (Å²) in [6, 6.07) is -0.420. The topological polar surface area (TPSA) is 80.6 Å². The Labute approximate surface area is 127 Å². The maximum atomic E-state index is 11.9. The van der Waals surface area contributed by atoms with E-state index in [9.17, 15) is 14.7 Å². The number of carbonyl (C=O) groups excluding carboxylic acids is 1. The first-order valence-electron chi connectivity index (χ1n) is 7.16. The molecule has 1 aromatic heterocycles. The van der Waals surface area contributed by atoms with Crippen LogP contribution >= 0.6 is 11.3 Å². The van der Waals surface area contributed by atoms with Crippen LogP contribution in [0.1, 0.15) is 52.5 Å². The molecule has 0 radical (unpaired) electrons. The van der Waals surface area contributed by atoms with Crippen LogP contribution in [0, 0.1) is 0 Å². The number of carbonyl (C=O) groups is 1. The third-order valence-electron chi connectivity index (χ3n) is 3.47. The second-order valence-corrected chi connectivity index (χ2v) is 7.15. The second kappa shape index (κ2) is 6.09. The fourth-order valence-electron chi connectivity index (χ4n) is 2.66. The summed E-state index contributed by atoms with van der Waals surface area (Å²) in [6.45, 7) is 5.42. The Morgan fingerprint density at radius 1 is 1.43 bits per heavy atom. The SMILES string of the molecule is CC(C)(C)OC(=O)NC1CCCCC1n1c(O)csc1=O. The molecule has 1 heterocycles. The van der Waals surface area contributed by atoms with Crippen LogP contribution in [0.2, 0.25) is 0 Å². The summed E-state index contributed by atoms with van der Waals surface area (Å²) in [6.07, 6.45) is 2.99. The van der Waals surface area contributed by atoms with Gasteiger partial charge in [-0.3, -0.25) is 9.36 Å². The lowest BCUT2D eigenvalue weighted by Gasteiger charge is -2.33. The summed E-state index contributed by atoms with van der Waals surface area (Å²) >= 11 is 0.969. The number of alkyl carbamates (subject to hydrolysis) is 1. The molecule has 7 heteroatoms. The van der Waals surface area contributed by atoms with Gasteiger partial charge in [0, 0.05) is 0 Å². The zero-order valence-electron chi connectivity index (χ0n) is 12.6. The molecule has 1 aliphatic carbocycles. The molecular formula is C14H22N2O4S. The normalized spacial score (nSPS) is 22.8. The Hall–Kier alpha value is -1.50. The highest BCUT2D eigenvalue weighted by molar-refractivity contribution is 7.07. The predicted octanol–water partition coefficient (Wildman–Crippen LogP) is 2.62. The van der Waals surface area contributed by atoms with Gasteiger partial charge in [-0.25, -0.2) is 4.79 Å². The zero-order chi connectivity index (χ0) is 15.6. The first kappa shape index (κ1) is 15.9. The summed E-state index contributed by atoms with van der Waals surface area (Å²) in [5.41, 5.74) is -0.560. The molecule has 0 bridgehead atoms. The van der Waals surface area contributed by atoms with Gasteiger partial charge in [0.1, 0.15) is 5.60 Å². The Bertz CT molecular complexity index is 558. The number of aromatic hydroxyl groups is 1. The molecule has 2 unspecified atom stereocenters. The lowest BCUT2D eigenvalue weighted by molar-refractivity contribution is 0.0469. The van der Waals surface area contributed by atoms with Gasteiger partial charge in [0.25, 0.3) is 0 Å². The minimum absolute atomic E-state index is 0.0344. The molecule has 0 aliphatic heterocycles. The van der Waals surface area contributed by atoms with Gasteiger partial charge in [-0.05, 0) is 33.6 Å². The third kappa shape index (κ3) is 4.00. The molecule has 0 aromatic carbocycles. The van der Waals surface area contributed by atoms with E-state index in [-0.39, 0.29) is 22.8 Å². The van der Waals surface area contributed by atoms with E-state index in [1.807, 2.05) is 0 Å². The first-order chi connectivity index (χ1) is 9.78. The standard InChI is InChI=1S/C14H22N2O4S/c1-14(2,3)20-12(18)15-9-6-4-5-7-10(9)16-11(17)8-21-13(16)19/h8-10,17H,4-7H2,1-3H3,(H,15,18). The average Bonchev–Trinajstić information content (AvgIpc) is 2.68. The minimum Gasteiger partial charge on any atom is -0.494 e. The van der Waals surface area contributed by atoms with Gasteiger partial charge in [-0.15, -0.1) is 0 Å². The fraction of sp³-hybridized carbons (Fsp3) is 0.714. The molecule has 118 valence electrons. The van der Waals surface area contributed by atoms with Crippen molar-refractivity contribution in [3.05, 3.63) is 15.0 Å². The lowest BCUT2D eigenvalue weighted by atomic mass is 9.90. The number of rotatable bonds is 2. The molecule has 0 spiro atoms. The van der Waals surface area contributed by atoms with E-state index in [1.165, 1.54) is 9.95 Å². The number of thiazole rings is 1. The molecule has 2 atom stereocenters. The Balaban J connectivity index is 2.13. The van der Waals surface area contributed by atoms with E-state index >= 15 is 0 Å². The molecule has 1 amide bonds. The molecule has 21 heavy (non-hydrogen) atoms. The predicted molar refractivity (Wildman–Crippen MR) is 80.9 cm³/mol. The molecule has 2 rings (SSSR count). The van der Waals surface area contributed by atoms with Gasteiger partial charge < -0.3 is 15.2 Å². The second-order valence-electron chi connectivity index (χ2n) is 6.33. The maximum Gasteiger partial charge on any atom is 0.407 e. The van der Waals surface area contributed by atoms with E-state index in [1.54, 1.807) is 20.8 Å². The van der Waals surface area contributed by atoms with E-state index in [4.69, 9.17) is 4.74 Å². The smallest absolute Gasteiger partial charge is 0.407 e. The van der Waals surface area contributed by atoms with Crippen molar-refractivity contribution >= 4 is 17.4 Å². The average molecular weight is 314 g/mol. The van der Waals surface area contributed by atoms with Crippen LogP contribution in [0.5, 0.6) is 5.88 Å². The van der Waals surface area contributed by atoms with Gasteiger partial charge in [-0.1, -0.05) is 24.2 Å². The van der Waals surface area contributed by atoms with Crippen molar-refractivity contribution in [1.29, 1.82) is 0 Å². The Morgan fingerprint density at radius 2 is 2.10 bits per heavy atom. The lowest BCUT2D eigenvalue weighted by Crippen LogP contribution is -2.46. The monoisotopic (exact) mass is 314 g/mol. The molecule has 1 aromatic rings. The van der Waals surface area contributed by atoms with Crippen molar-refractivity contribution in [1.82, 2.24) is 9.88 Å². The summed E-state index contributed by atoms with van der Waals surface area (Å²) in [5.74, 6) is -0.0344. The van der Waals surface area contributed by atoms with E-state index < -0.39 is 11.7 Å². The van der Waals surface area contributed by atoms with Crippen molar-refractivity contribution in [2.75, 3.05) is 0 Å². The Kier molecular flexibility index (Phi) is 4.61. The zero-order valence-corrected chi connectivity index (χ0v) is 13.4. The number of amides is 1. The molecule has 1 fully saturated rings. The molecule has 0 saturated heterocycles. The summed E-state index contributed by atoms with van der Waals surface area (Å²) in [4.78, 5) is 23.6. The van der Waals surface area contributed by atoms with Gasteiger partial charge >= 0.3 is 11.0 Å². The Morgan fingerprint density at radius 3 is 2.67 bits per heavy atom. The highest BCUT2D eigenvalue weighted by Crippen LogP contribution is 2.31. The quantitative estimate of drug-likeness (QED) is 0.879. The number of hydrogen-bond acceptors (Lipinski definition) is 5. The van der Waals surface area contributed by atoms with Crippen LogP contribution in [0.15, 0.2) is 10.2 Å². The van der Waals surface area contributed by atoms with Crippen molar-refractivity contribution in [3.8, 4) is 5.88 Å². The highest BCUT2D eigenvalue weighted by Gasteiger charge is 2.31. The molecule has 2 N–H and O–H groups in total. The van der Waals surface area contributed by atoms with E-state index in [0.29, 0.717) is 0 Å². The molecule has 6 nitrogen and oxygen atoms in total. The molecule has 1 saturated carbocycles. The van der Waals surface area contributed by atoms with Gasteiger partial charge in [-0.2, -0.15) is 0 Å². The number of ether oxygens (including phenoxy) is 1.